The van der Waals surface area contributed by atoms with E-state index in [1.165, 1.54) is 53.5 Å². The molecule has 1 fully saturated rings. The summed E-state index contributed by atoms with van der Waals surface area (Å²) in [5.74, 6) is -2.35. The van der Waals surface area contributed by atoms with Gasteiger partial charge in [0.2, 0.25) is 5.91 Å². The summed E-state index contributed by atoms with van der Waals surface area (Å²) in [5, 5.41) is 17.1. The Balaban J connectivity index is 1.61. The Bertz CT molecular complexity index is 1260. The van der Waals surface area contributed by atoms with E-state index < -0.39 is 34.5 Å². The number of fused-ring (bicyclic) bond motifs is 1. The number of nitro benzene ring substituents is 1. The molecule has 3 aromatic rings. The van der Waals surface area contributed by atoms with E-state index in [0.717, 1.165) is 4.90 Å². The Kier molecular flexibility index (Phi) is 4.51. The molecule has 2 heterocycles. The summed E-state index contributed by atoms with van der Waals surface area (Å²) in [7, 11) is 0. The number of rotatable bonds is 4. The van der Waals surface area contributed by atoms with E-state index in [0.29, 0.717) is 17.0 Å². The van der Waals surface area contributed by atoms with E-state index in [1.54, 1.807) is 24.3 Å². The standard InChI is InChI=1S/C23H15FN4O4/c24-15-8-12-16(13-9-15)26-22(29)19-20(14-6-10-18(11-7-14)28(31)32)25-27(21(19)23(26)30)17-4-2-1-3-5-17/h1-13,19,21H/t19-,21+/m1/s1. The van der Waals surface area contributed by atoms with Gasteiger partial charge in [0.25, 0.3) is 11.6 Å². The lowest BCUT2D eigenvalue weighted by Gasteiger charge is -2.22. The number of anilines is 2. The number of hydrazone groups is 1. The Morgan fingerprint density at radius 2 is 1.50 bits per heavy atom. The normalized spacial score (nSPS) is 19.8. The van der Waals surface area contributed by atoms with E-state index in [9.17, 15) is 24.1 Å². The van der Waals surface area contributed by atoms with Crippen molar-refractivity contribution < 1.29 is 18.9 Å². The number of non-ortho nitro benzene ring substituents is 1. The Labute approximate surface area is 181 Å². The van der Waals surface area contributed by atoms with Crippen LogP contribution in [-0.4, -0.2) is 28.5 Å². The van der Waals surface area contributed by atoms with E-state index in [4.69, 9.17) is 0 Å². The molecule has 0 saturated carbocycles. The smallest absolute Gasteiger partial charge is 0.269 e. The van der Waals surface area contributed by atoms with Gasteiger partial charge in [-0.3, -0.25) is 24.7 Å². The van der Waals surface area contributed by atoms with Crippen LogP contribution < -0.4 is 9.91 Å². The summed E-state index contributed by atoms with van der Waals surface area (Å²) in [6, 6.07) is 18.9. The third-order valence-electron chi connectivity index (χ3n) is 5.53. The number of hydrogen-bond acceptors (Lipinski definition) is 6. The van der Waals surface area contributed by atoms with E-state index in [1.807, 2.05) is 6.07 Å². The molecule has 158 valence electrons. The molecule has 0 unspecified atom stereocenters. The van der Waals surface area contributed by atoms with Crippen molar-refractivity contribution in [3.05, 3.63) is 100 Å². The highest BCUT2D eigenvalue weighted by Crippen LogP contribution is 2.39. The van der Waals surface area contributed by atoms with Gasteiger partial charge in [0.05, 0.1) is 22.0 Å². The maximum absolute atomic E-state index is 13.4. The molecule has 0 radical (unpaired) electrons. The first kappa shape index (κ1) is 19.6. The van der Waals surface area contributed by atoms with E-state index >= 15 is 0 Å². The topological polar surface area (TPSA) is 96.1 Å². The first-order valence-electron chi connectivity index (χ1n) is 9.76. The number of imide groups is 1. The largest absolute Gasteiger partial charge is 0.273 e. The highest BCUT2D eigenvalue weighted by molar-refractivity contribution is 6.34. The van der Waals surface area contributed by atoms with Gasteiger partial charge in [0.15, 0.2) is 0 Å². The molecule has 2 atom stereocenters. The zero-order valence-electron chi connectivity index (χ0n) is 16.5. The number of carbonyl (C=O) groups is 2. The number of amides is 2. The summed E-state index contributed by atoms with van der Waals surface area (Å²) in [5.41, 5.74) is 1.65. The van der Waals surface area contributed by atoms with Crippen molar-refractivity contribution in [3.8, 4) is 0 Å². The zero-order chi connectivity index (χ0) is 22.4. The van der Waals surface area contributed by atoms with E-state index in [2.05, 4.69) is 5.10 Å². The van der Waals surface area contributed by atoms with Crippen molar-refractivity contribution in [2.24, 2.45) is 11.0 Å². The third-order valence-corrected chi connectivity index (χ3v) is 5.53. The van der Waals surface area contributed by atoms with Crippen LogP contribution in [0.25, 0.3) is 0 Å². The van der Waals surface area contributed by atoms with Gasteiger partial charge >= 0.3 is 0 Å². The fourth-order valence-electron chi connectivity index (χ4n) is 4.05. The van der Waals surface area contributed by atoms with Gasteiger partial charge in [-0.2, -0.15) is 5.10 Å². The van der Waals surface area contributed by atoms with Gasteiger partial charge in [0.1, 0.15) is 17.8 Å². The van der Waals surface area contributed by atoms with Crippen molar-refractivity contribution in [2.45, 2.75) is 6.04 Å². The Morgan fingerprint density at radius 3 is 2.12 bits per heavy atom. The second-order valence-electron chi connectivity index (χ2n) is 7.38. The molecule has 0 aromatic heterocycles. The average molecular weight is 430 g/mol. The van der Waals surface area contributed by atoms with Gasteiger partial charge in [0, 0.05) is 12.1 Å². The molecule has 0 spiro atoms. The van der Waals surface area contributed by atoms with Gasteiger partial charge < -0.3 is 0 Å². The number of carbonyl (C=O) groups excluding carboxylic acids is 2. The zero-order valence-corrected chi connectivity index (χ0v) is 16.5. The minimum Gasteiger partial charge on any atom is -0.273 e. The van der Waals surface area contributed by atoms with Crippen LogP contribution in [0, 0.1) is 21.8 Å². The van der Waals surface area contributed by atoms with Gasteiger partial charge in [-0.15, -0.1) is 0 Å². The van der Waals surface area contributed by atoms with Crippen LogP contribution in [0.5, 0.6) is 0 Å². The van der Waals surface area contributed by atoms with Crippen LogP contribution in [0.3, 0.4) is 0 Å². The minimum atomic E-state index is -0.917. The lowest BCUT2D eigenvalue weighted by molar-refractivity contribution is -0.384. The van der Waals surface area contributed by atoms with Crippen molar-refractivity contribution in [1.82, 2.24) is 0 Å². The van der Waals surface area contributed by atoms with Gasteiger partial charge in [-0.1, -0.05) is 18.2 Å². The van der Waals surface area contributed by atoms with Crippen LogP contribution in [0.1, 0.15) is 5.56 Å². The predicted octanol–water partition coefficient (Wildman–Crippen LogP) is 3.52. The molecule has 5 rings (SSSR count). The summed E-state index contributed by atoms with van der Waals surface area (Å²) >= 11 is 0. The molecule has 2 aliphatic rings. The van der Waals surface area contributed by atoms with Crippen LogP contribution in [0.4, 0.5) is 21.5 Å². The number of para-hydroxylation sites is 1. The maximum atomic E-state index is 13.4. The average Bonchev–Trinajstić information content (AvgIpc) is 3.32. The van der Waals surface area contributed by atoms with Gasteiger partial charge in [-0.25, -0.2) is 9.29 Å². The number of halogens is 1. The predicted molar refractivity (Wildman–Crippen MR) is 115 cm³/mol. The van der Waals surface area contributed by atoms with Crippen molar-refractivity contribution >= 4 is 34.6 Å². The molecule has 2 aliphatic heterocycles. The molecule has 0 bridgehead atoms. The summed E-state index contributed by atoms with van der Waals surface area (Å²) in [4.78, 5) is 38.3. The SMILES string of the molecule is O=C1[C@@H]2C(c3ccc([N+](=O)[O-])cc3)=NN(c3ccccc3)[C@@H]2C(=O)N1c1ccc(F)cc1. The summed E-state index contributed by atoms with van der Waals surface area (Å²) in [6.45, 7) is 0. The second kappa shape index (κ2) is 7.38. The quantitative estimate of drug-likeness (QED) is 0.359. The third kappa shape index (κ3) is 3.02. The molecule has 9 heteroatoms. The molecule has 2 amide bonds. The van der Waals surface area contributed by atoms with Crippen molar-refractivity contribution in [1.29, 1.82) is 0 Å². The Morgan fingerprint density at radius 1 is 0.844 bits per heavy atom. The molecule has 8 nitrogen and oxygen atoms in total. The van der Waals surface area contributed by atoms with Crippen LogP contribution in [0.2, 0.25) is 0 Å². The fraction of sp³-hybridized carbons (Fsp3) is 0.0870. The van der Waals surface area contributed by atoms with Crippen molar-refractivity contribution in [3.63, 3.8) is 0 Å². The number of nitrogens with zero attached hydrogens (tertiary/aromatic N) is 4. The molecule has 0 aliphatic carbocycles. The van der Waals surface area contributed by atoms with E-state index in [-0.39, 0.29) is 11.4 Å². The monoisotopic (exact) mass is 430 g/mol. The molecule has 1 saturated heterocycles. The maximum Gasteiger partial charge on any atom is 0.269 e. The van der Waals surface area contributed by atoms with Crippen LogP contribution in [0.15, 0.2) is 84.0 Å². The molecule has 0 N–H and O–H groups in total. The molecule has 3 aromatic carbocycles. The fourth-order valence-corrected chi connectivity index (χ4v) is 4.05. The summed E-state index contributed by atoms with van der Waals surface area (Å²) in [6.07, 6.45) is 0. The first-order chi connectivity index (χ1) is 15.5. The highest BCUT2D eigenvalue weighted by atomic mass is 19.1. The number of hydrogen-bond donors (Lipinski definition) is 0. The van der Waals surface area contributed by atoms with Crippen LogP contribution >= 0.6 is 0 Å². The summed E-state index contributed by atoms with van der Waals surface area (Å²) < 4.78 is 13.4. The van der Waals surface area contributed by atoms with Crippen molar-refractivity contribution in [2.75, 3.05) is 9.91 Å². The number of nitro groups is 1. The first-order valence-corrected chi connectivity index (χ1v) is 9.76. The number of benzene rings is 3. The molecular formula is C23H15FN4O4. The Hall–Kier alpha value is -4.40. The second-order valence-corrected chi connectivity index (χ2v) is 7.38. The lowest BCUT2D eigenvalue weighted by Crippen LogP contribution is -2.39. The van der Waals surface area contributed by atoms with Crippen LogP contribution in [-0.2, 0) is 9.59 Å². The minimum absolute atomic E-state index is 0.0921. The molecular weight excluding hydrogens is 415 g/mol. The lowest BCUT2D eigenvalue weighted by atomic mass is 9.92. The highest BCUT2D eigenvalue weighted by Gasteiger charge is 2.57. The van der Waals surface area contributed by atoms with Gasteiger partial charge in [-0.05, 0) is 54.1 Å². The molecule has 32 heavy (non-hydrogen) atoms.